The van der Waals surface area contributed by atoms with Crippen LogP contribution >= 0.6 is 11.6 Å². The van der Waals surface area contributed by atoms with Crippen LogP contribution in [0.1, 0.15) is 16.2 Å². The van der Waals surface area contributed by atoms with Crippen molar-refractivity contribution in [2.24, 2.45) is 0 Å². The van der Waals surface area contributed by atoms with E-state index in [1.54, 1.807) is 28.9 Å². The average Bonchev–Trinajstić information content (AvgIpc) is 2.92. The highest BCUT2D eigenvalue weighted by Gasteiger charge is 2.17. The summed E-state index contributed by atoms with van der Waals surface area (Å²) in [7, 11) is 0. The highest BCUT2D eigenvalue weighted by atomic mass is 35.5. The van der Waals surface area contributed by atoms with E-state index in [0.29, 0.717) is 22.1 Å². The standard InChI is InChI=1S/C16H13ClN4O/c1-11-15(16(22)18-13-9-7-12(17)8-10-13)19-20-21(11)14-5-3-2-4-6-14/h2-10H,1H3,(H,18,22). The van der Waals surface area contributed by atoms with Crippen molar-refractivity contribution in [2.45, 2.75) is 6.92 Å². The molecule has 5 nitrogen and oxygen atoms in total. The van der Waals surface area contributed by atoms with Gasteiger partial charge in [0.1, 0.15) is 0 Å². The maximum absolute atomic E-state index is 12.3. The van der Waals surface area contributed by atoms with Gasteiger partial charge in [-0.1, -0.05) is 35.0 Å². The lowest BCUT2D eigenvalue weighted by Gasteiger charge is -2.05. The number of halogens is 1. The predicted octanol–water partition coefficient (Wildman–Crippen LogP) is 3.48. The van der Waals surface area contributed by atoms with Gasteiger partial charge >= 0.3 is 0 Å². The molecule has 0 saturated carbocycles. The van der Waals surface area contributed by atoms with E-state index in [9.17, 15) is 4.79 Å². The van der Waals surface area contributed by atoms with Gasteiger partial charge in [-0.3, -0.25) is 4.79 Å². The number of hydrogen-bond acceptors (Lipinski definition) is 3. The van der Waals surface area contributed by atoms with E-state index in [4.69, 9.17) is 11.6 Å². The monoisotopic (exact) mass is 312 g/mol. The molecule has 1 aromatic heterocycles. The van der Waals surface area contributed by atoms with Crippen molar-refractivity contribution in [1.29, 1.82) is 0 Å². The molecule has 0 aliphatic rings. The fourth-order valence-electron chi connectivity index (χ4n) is 2.08. The summed E-state index contributed by atoms with van der Waals surface area (Å²) in [5.74, 6) is -0.304. The third-order valence-corrected chi connectivity index (χ3v) is 3.46. The van der Waals surface area contributed by atoms with Crippen LogP contribution in [0.15, 0.2) is 54.6 Å². The fourth-order valence-corrected chi connectivity index (χ4v) is 2.20. The van der Waals surface area contributed by atoms with Gasteiger partial charge in [-0.05, 0) is 43.3 Å². The lowest BCUT2D eigenvalue weighted by atomic mass is 10.2. The summed E-state index contributed by atoms with van der Waals surface area (Å²) in [4.78, 5) is 12.3. The first kappa shape index (κ1) is 14.3. The molecule has 3 rings (SSSR count). The Morgan fingerprint density at radius 1 is 1.09 bits per heavy atom. The summed E-state index contributed by atoms with van der Waals surface area (Å²) in [6.45, 7) is 1.81. The molecule has 0 saturated heterocycles. The molecule has 2 aromatic carbocycles. The Bertz CT molecular complexity index is 797. The first-order valence-corrected chi connectivity index (χ1v) is 7.07. The van der Waals surface area contributed by atoms with E-state index in [-0.39, 0.29) is 5.91 Å². The molecule has 0 aliphatic heterocycles. The normalized spacial score (nSPS) is 10.5. The summed E-state index contributed by atoms with van der Waals surface area (Å²) in [6.07, 6.45) is 0. The lowest BCUT2D eigenvalue weighted by Crippen LogP contribution is -2.14. The molecule has 1 amide bonds. The zero-order valence-corrected chi connectivity index (χ0v) is 12.6. The van der Waals surface area contributed by atoms with E-state index >= 15 is 0 Å². The summed E-state index contributed by atoms with van der Waals surface area (Å²) in [5, 5.41) is 11.4. The molecule has 1 heterocycles. The topological polar surface area (TPSA) is 59.8 Å². The number of nitrogens with one attached hydrogen (secondary N) is 1. The molecule has 0 aliphatic carbocycles. The van der Waals surface area contributed by atoms with Crippen LogP contribution < -0.4 is 5.32 Å². The molecule has 0 atom stereocenters. The van der Waals surface area contributed by atoms with Crippen molar-refractivity contribution < 1.29 is 4.79 Å². The SMILES string of the molecule is Cc1c(C(=O)Nc2ccc(Cl)cc2)nnn1-c1ccccc1. The molecule has 0 fully saturated rings. The van der Waals surface area contributed by atoms with Crippen LogP contribution in [0, 0.1) is 6.92 Å². The van der Waals surface area contributed by atoms with Crippen molar-refractivity contribution in [2.75, 3.05) is 5.32 Å². The second-order valence-electron chi connectivity index (χ2n) is 4.73. The first-order valence-electron chi connectivity index (χ1n) is 6.70. The molecular weight excluding hydrogens is 300 g/mol. The minimum absolute atomic E-state index is 0.291. The Kier molecular flexibility index (Phi) is 3.89. The average molecular weight is 313 g/mol. The van der Waals surface area contributed by atoms with Crippen molar-refractivity contribution in [3.8, 4) is 5.69 Å². The predicted molar refractivity (Wildman–Crippen MR) is 85.5 cm³/mol. The number of carbonyl (C=O) groups is 1. The molecular formula is C16H13ClN4O. The molecule has 1 N–H and O–H groups in total. The molecule has 3 aromatic rings. The summed E-state index contributed by atoms with van der Waals surface area (Å²) in [5.41, 5.74) is 2.48. The Balaban J connectivity index is 1.85. The number of aromatic nitrogens is 3. The van der Waals surface area contributed by atoms with Crippen molar-refractivity contribution in [1.82, 2.24) is 15.0 Å². The Morgan fingerprint density at radius 3 is 2.45 bits per heavy atom. The quantitative estimate of drug-likeness (QED) is 0.805. The van der Waals surface area contributed by atoms with E-state index in [2.05, 4.69) is 15.6 Å². The summed E-state index contributed by atoms with van der Waals surface area (Å²) in [6, 6.07) is 16.4. The van der Waals surface area contributed by atoms with Gasteiger partial charge in [-0.2, -0.15) is 0 Å². The third-order valence-electron chi connectivity index (χ3n) is 3.21. The number of hydrogen-bond donors (Lipinski definition) is 1. The van der Waals surface area contributed by atoms with Gasteiger partial charge in [0.15, 0.2) is 5.69 Å². The molecule has 0 unspecified atom stereocenters. The minimum atomic E-state index is -0.304. The molecule has 6 heteroatoms. The van der Waals surface area contributed by atoms with Gasteiger partial charge in [0.05, 0.1) is 11.4 Å². The highest BCUT2D eigenvalue weighted by Crippen LogP contribution is 2.16. The van der Waals surface area contributed by atoms with E-state index in [1.165, 1.54) is 0 Å². The Morgan fingerprint density at radius 2 is 1.77 bits per heavy atom. The number of benzene rings is 2. The van der Waals surface area contributed by atoms with Crippen LogP contribution in [0.4, 0.5) is 5.69 Å². The number of nitrogens with zero attached hydrogens (tertiary/aromatic N) is 3. The summed E-state index contributed by atoms with van der Waals surface area (Å²) >= 11 is 5.82. The molecule has 22 heavy (non-hydrogen) atoms. The number of carbonyl (C=O) groups excluding carboxylic acids is 1. The Hall–Kier alpha value is -2.66. The van der Waals surface area contributed by atoms with Crippen LogP contribution in [-0.4, -0.2) is 20.9 Å². The molecule has 0 radical (unpaired) electrons. The number of para-hydroxylation sites is 1. The first-order chi connectivity index (χ1) is 10.6. The number of amides is 1. The lowest BCUT2D eigenvalue weighted by molar-refractivity contribution is 0.102. The molecule has 110 valence electrons. The van der Waals surface area contributed by atoms with Gasteiger partial charge in [-0.25, -0.2) is 4.68 Å². The zero-order chi connectivity index (χ0) is 15.5. The van der Waals surface area contributed by atoms with Crippen LogP contribution in [0.5, 0.6) is 0 Å². The van der Waals surface area contributed by atoms with Crippen LogP contribution in [-0.2, 0) is 0 Å². The van der Waals surface area contributed by atoms with Crippen LogP contribution in [0.3, 0.4) is 0 Å². The Labute approximate surface area is 132 Å². The van der Waals surface area contributed by atoms with Gasteiger partial charge < -0.3 is 5.32 Å². The van der Waals surface area contributed by atoms with Crippen LogP contribution in [0.2, 0.25) is 5.02 Å². The van der Waals surface area contributed by atoms with E-state index in [1.807, 2.05) is 37.3 Å². The third kappa shape index (κ3) is 2.84. The second kappa shape index (κ2) is 5.99. The number of anilines is 1. The van der Waals surface area contributed by atoms with Gasteiger partial charge in [0.2, 0.25) is 0 Å². The maximum Gasteiger partial charge on any atom is 0.278 e. The van der Waals surface area contributed by atoms with Crippen molar-refractivity contribution in [3.05, 3.63) is 71.0 Å². The minimum Gasteiger partial charge on any atom is -0.321 e. The number of rotatable bonds is 3. The summed E-state index contributed by atoms with van der Waals surface area (Å²) < 4.78 is 1.64. The molecule has 0 bridgehead atoms. The maximum atomic E-state index is 12.3. The van der Waals surface area contributed by atoms with E-state index in [0.717, 1.165) is 5.69 Å². The molecule has 0 spiro atoms. The second-order valence-corrected chi connectivity index (χ2v) is 5.17. The van der Waals surface area contributed by atoms with Crippen molar-refractivity contribution in [3.63, 3.8) is 0 Å². The van der Waals surface area contributed by atoms with Gasteiger partial charge in [0, 0.05) is 10.7 Å². The zero-order valence-electron chi connectivity index (χ0n) is 11.8. The highest BCUT2D eigenvalue weighted by molar-refractivity contribution is 6.30. The largest absolute Gasteiger partial charge is 0.321 e. The van der Waals surface area contributed by atoms with Gasteiger partial charge in [-0.15, -0.1) is 5.10 Å². The van der Waals surface area contributed by atoms with Gasteiger partial charge in [0.25, 0.3) is 5.91 Å². The van der Waals surface area contributed by atoms with Crippen molar-refractivity contribution >= 4 is 23.2 Å². The smallest absolute Gasteiger partial charge is 0.278 e. The van der Waals surface area contributed by atoms with Crippen LogP contribution in [0.25, 0.3) is 5.69 Å². The van der Waals surface area contributed by atoms with E-state index < -0.39 is 0 Å². The fraction of sp³-hybridized carbons (Fsp3) is 0.0625.